The first-order valence-corrected chi connectivity index (χ1v) is 6.49. The number of hydrogen-bond acceptors (Lipinski definition) is 3. The van der Waals surface area contributed by atoms with Crippen molar-refractivity contribution in [3.8, 4) is 11.5 Å². The van der Waals surface area contributed by atoms with Crippen LogP contribution >= 0.6 is 31.9 Å². The number of oxazole rings is 1. The van der Waals surface area contributed by atoms with Crippen molar-refractivity contribution in [1.82, 2.24) is 9.97 Å². The van der Waals surface area contributed by atoms with Crippen LogP contribution in [0.5, 0.6) is 0 Å². The molecule has 0 bridgehead atoms. The van der Waals surface area contributed by atoms with Crippen molar-refractivity contribution >= 4 is 43.1 Å². The van der Waals surface area contributed by atoms with E-state index in [0.29, 0.717) is 17.1 Å². The van der Waals surface area contributed by atoms with Gasteiger partial charge in [0.05, 0.1) is 0 Å². The lowest BCUT2D eigenvalue weighted by molar-refractivity contribution is 0.619. The van der Waals surface area contributed by atoms with Gasteiger partial charge in [0.15, 0.2) is 11.2 Å². The molecule has 17 heavy (non-hydrogen) atoms. The van der Waals surface area contributed by atoms with Gasteiger partial charge in [0, 0.05) is 20.7 Å². The maximum atomic E-state index is 5.65. The molecule has 0 aliphatic heterocycles. The minimum absolute atomic E-state index is 0.570. The molecule has 0 fully saturated rings. The lowest BCUT2D eigenvalue weighted by Crippen LogP contribution is -1.79. The molecule has 3 nitrogen and oxygen atoms in total. The molecule has 0 spiro atoms. The molecular weight excluding hydrogens is 348 g/mol. The van der Waals surface area contributed by atoms with E-state index in [1.807, 2.05) is 30.3 Å². The van der Waals surface area contributed by atoms with Gasteiger partial charge in [-0.3, -0.25) is 0 Å². The van der Waals surface area contributed by atoms with E-state index >= 15 is 0 Å². The zero-order valence-corrected chi connectivity index (χ0v) is 11.7. The van der Waals surface area contributed by atoms with E-state index < -0.39 is 0 Å². The summed E-state index contributed by atoms with van der Waals surface area (Å²) >= 11 is 6.88. The van der Waals surface area contributed by atoms with Gasteiger partial charge in [-0.25, -0.2) is 4.98 Å². The van der Waals surface area contributed by atoms with E-state index in [4.69, 9.17) is 4.42 Å². The van der Waals surface area contributed by atoms with Crippen LogP contribution < -0.4 is 0 Å². The zero-order chi connectivity index (χ0) is 11.8. The standard InChI is InChI=1S/C12H6Br2N2O/c13-8-4-7(5-9(14)6-8)12-16-11-10(17-12)2-1-3-15-11/h1-6H. The Morgan fingerprint density at radius 1 is 1.06 bits per heavy atom. The molecule has 3 rings (SSSR count). The summed E-state index contributed by atoms with van der Waals surface area (Å²) in [6.45, 7) is 0. The summed E-state index contributed by atoms with van der Waals surface area (Å²) in [5, 5.41) is 0. The second-order valence-electron chi connectivity index (χ2n) is 3.50. The minimum Gasteiger partial charge on any atom is -0.434 e. The molecule has 0 N–H and O–H groups in total. The Morgan fingerprint density at radius 2 is 1.82 bits per heavy atom. The van der Waals surface area contributed by atoms with Crippen molar-refractivity contribution in [2.24, 2.45) is 0 Å². The van der Waals surface area contributed by atoms with E-state index in [1.165, 1.54) is 0 Å². The third kappa shape index (κ3) is 2.12. The second-order valence-corrected chi connectivity index (χ2v) is 5.33. The molecule has 0 saturated heterocycles. The highest BCUT2D eigenvalue weighted by molar-refractivity contribution is 9.11. The van der Waals surface area contributed by atoms with Gasteiger partial charge >= 0.3 is 0 Å². The fourth-order valence-corrected chi connectivity index (χ4v) is 2.86. The minimum atomic E-state index is 0.570. The Kier molecular flexibility index (Phi) is 2.72. The Labute approximate surface area is 114 Å². The summed E-state index contributed by atoms with van der Waals surface area (Å²) in [6.07, 6.45) is 1.70. The third-order valence-electron chi connectivity index (χ3n) is 2.27. The van der Waals surface area contributed by atoms with Crippen molar-refractivity contribution in [2.45, 2.75) is 0 Å². The van der Waals surface area contributed by atoms with Crippen LogP contribution in [0.3, 0.4) is 0 Å². The molecule has 2 heterocycles. The maximum Gasteiger partial charge on any atom is 0.228 e. The predicted octanol–water partition coefficient (Wildman–Crippen LogP) is 4.41. The first-order chi connectivity index (χ1) is 8.22. The molecule has 0 aliphatic carbocycles. The van der Waals surface area contributed by atoms with Crippen LogP contribution in [0.4, 0.5) is 0 Å². The molecular formula is C12H6Br2N2O. The van der Waals surface area contributed by atoms with Gasteiger partial charge in [-0.2, -0.15) is 4.98 Å². The third-order valence-corrected chi connectivity index (χ3v) is 3.19. The number of nitrogens with zero attached hydrogens (tertiary/aromatic N) is 2. The van der Waals surface area contributed by atoms with Crippen LogP contribution in [0.1, 0.15) is 0 Å². The smallest absolute Gasteiger partial charge is 0.228 e. The highest BCUT2D eigenvalue weighted by Gasteiger charge is 2.09. The molecule has 0 radical (unpaired) electrons. The summed E-state index contributed by atoms with van der Waals surface area (Å²) in [5.74, 6) is 0.570. The summed E-state index contributed by atoms with van der Waals surface area (Å²) in [7, 11) is 0. The van der Waals surface area contributed by atoms with Gasteiger partial charge < -0.3 is 4.42 Å². The zero-order valence-electron chi connectivity index (χ0n) is 8.52. The fraction of sp³-hybridized carbons (Fsp3) is 0. The Bertz CT molecular complexity index is 641. The van der Waals surface area contributed by atoms with Crippen LogP contribution in [0, 0.1) is 0 Å². The average Bonchev–Trinajstić information content (AvgIpc) is 2.71. The first kappa shape index (κ1) is 10.9. The van der Waals surface area contributed by atoms with Gasteiger partial charge in [0.25, 0.3) is 0 Å². The molecule has 0 atom stereocenters. The van der Waals surface area contributed by atoms with Gasteiger partial charge in [-0.15, -0.1) is 0 Å². The first-order valence-electron chi connectivity index (χ1n) is 4.90. The molecule has 0 amide bonds. The van der Waals surface area contributed by atoms with Crippen molar-refractivity contribution < 1.29 is 4.42 Å². The average molecular weight is 354 g/mol. The van der Waals surface area contributed by atoms with E-state index in [9.17, 15) is 0 Å². The van der Waals surface area contributed by atoms with Crippen molar-refractivity contribution in [1.29, 1.82) is 0 Å². The largest absolute Gasteiger partial charge is 0.434 e. The van der Waals surface area contributed by atoms with Crippen molar-refractivity contribution in [3.63, 3.8) is 0 Å². The number of benzene rings is 1. The summed E-state index contributed by atoms with van der Waals surface area (Å²) in [5.41, 5.74) is 2.22. The Balaban J connectivity index is 2.20. The number of hydrogen-bond donors (Lipinski definition) is 0. The molecule has 5 heteroatoms. The van der Waals surface area contributed by atoms with Crippen molar-refractivity contribution in [3.05, 3.63) is 45.5 Å². The second kappa shape index (κ2) is 4.23. The lowest BCUT2D eigenvalue weighted by Gasteiger charge is -1.98. The maximum absolute atomic E-state index is 5.65. The molecule has 0 unspecified atom stereocenters. The van der Waals surface area contributed by atoms with E-state index in [0.717, 1.165) is 14.5 Å². The van der Waals surface area contributed by atoms with Gasteiger partial charge in [-0.05, 0) is 30.3 Å². The Hall–Kier alpha value is -1.20. The summed E-state index contributed by atoms with van der Waals surface area (Å²) in [4.78, 5) is 8.49. The molecule has 1 aromatic carbocycles. The van der Waals surface area contributed by atoms with E-state index in [2.05, 4.69) is 41.8 Å². The SMILES string of the molecule is Brc1cc(Br)cc(-c2nc3ncccc3o2)c1. The van der Waals surface area contributed by atoms with E-state index in [-0.39, 0.29) is 0 Å². The van der Waals surface area contributed by atoms with Crippen LogP contribution in [0.15, 0.2) is 49.9 Å². The van der Waals surface area contributed by atoms with Crippen LogP contribution in [0.25, 0.3) is 22.7 Å². The fourth-order valence-electron chi connectivity index (χ4n) is 1.57. The monoisotopic (exact) mass is 352 g/mol. The number of fused-ring (bicyclic) bond motifs is 1. The highest BCUT2D eigenvalue weighted by Crippen LogP contribution is 2.28. The summed E-state index contributed by atoms with van der Waals surface area (Å²) < 4.78 is 7.59. The quantitative estimate of drug-likeness (QED) is 0.650. The van der Waals surface area contributed by atoms with Crippen molar-refractivity contribution in [2.75, 3.05) is 0 Å². The van der Waals surface area contributed by atoms with Crippen LogP contribution in [-0.2, 0) is 0 Å². The lowest BCUT2D eigenvalue weighted by atomic mass is 10.2. The molecule has 0 aliphatic rings. The van der Waals surface area contributed by atoms with Crippen LogP contribution in [-0.4, -0.2) is 9.97 Å². The topological polar surface area (TPSA) is 38.9 Å². The molecule has 0 saturated carbocycles. The highest BCUT2D eigenvalue weighted by atomic mass is 79.9. The number of halogens is 2. The number of pyridine rings is 1. The molecule has 3 aromatic rings. The van der Waals surface area contributed by atoms with E-state index in [1.54, 1.807) is 6.20 Å². The van der Waals surface area contributed by atoms with Gasteiger partial charge in [0.2, 0.25) is 5.89 Å². The van der Waals surface area contributed by atoms with Gasteiger partial charge in [-0.1, -0.05) is 31.9 Å². The molecule has 84 valence electrons. The number of rotatable bonds is 1. The number of aromatic nitrogens is 2. The Morgan fingerprint density at radius 3 is 2.53 bits per heavy atom. The summed E-state index contributed by atoms with van der Waals surface area (Å²) in [6, 6.07) is 9.55. The molecule has 2 aromatic heterocycles. The van der Waals surface area contributed by atoms with Crippen LogP contribution in [0.2, 0.25) is 0 Å². The van der Waals surface area contributed by atoms with Gasteiger partial charge in [0.1, 0.15) is 0 Å². The predicted molar refractivity (Wildman–Crippen MR) is 72.6 cm³/mol. The normalized spacial score (nSPS) is 10.9.